The maximum absolute atomic E-state index is 11.6. The lowest BCUT2D eigenvalue weighted by atomic mass is 10.7. The molecule has 0 aromatic carbocycles. The maximum atomic E-state index is 11.6. The van der Waals surface area contributed by atoms with Crippen molar-refractivity contribution in [2.75, 3.05) is 29.6 Å². The Kier molecular flexibility index (Phi) is 4.75. The van der Waals surface area contributed by atoms with E-state index in [1.54, 1.807) is 11.8 Å². The standard InChI is InChI=1S/C8H11N5OS3/c1-15-7-11-6(12-13-7)10-5(14)4-17-8-9-2-3-16-8/h2-4H2,1H3,(H2,10,11,12,13,14). The van der Waals surface area contributed by atoms with E-state index < -0.39 is 0 Å². The molecular formula is C8H11N5OS3. The van der Waals surface area contributed by atoms with Gasteiger partial charge in [-0.3, -0.25) is 15.1 Å². The fourth-order valence-corrected chi connectivity index (χ4v) is 3.22. The Hall–Kier alpha value is -0.670. The summed E-state index contributed by atoms with van der Waals surface area (Å²) < 4.78 is 0.988. The molecule has 1 aliphatic rings. The summed E-state index contributed by atoms with van der Waals surface area (Å²) in [4.78, 5) is 19.9. The lowest BCUT2D eigenvalue weighted by molar-refractivity contribution is -0.113. The van der Waals surface area contributed by atoms with E-state index in [1.807, 2.05) is 6.26 Å². The molecule has 0 fully saturated rings. The van der Waals surface area contributed by atoms with E-state index >= 15 is 0 Å². The molecule has 92 valence electrons. The first-order valence-electron chi connectivity index (χ1n) is 4.84. The number of aromatic amines is 1. The third-order valence-corrected chi connectivity index (χ3v) is 4.59. The first-order chi connectivity index (χ1) is 8.28. The number of nitrogens with one attached hydrogen (secondary N) is 2. The van der Waals surface area contributed by atoms with Crippen molar-refractivity contribution in [3.05, 3.63) is 0 Å². The predicted octanol–water partition coefficient (Wildman–Crippen LogP) is 1.30. The topological polar surface area (TPSA) is 83.0 Å². The van der Waals surface area contributed by atoms with Gasteiger partial charge in [-0.25, -0.2) is 5.10 Å². The van der Waals surface area contributed by atoms with Crippen LogP contribution >= 0.6 is 35.3 Å². The van der Waals surface area contributed by atoms with Crippen LogP contribution in [-0.4, -0.2) is 49.8 Å². The van der Waals surface area contributed by atoms with Crippen molar-refractivity contribution in [1.82, 2.24) is 15.2 Å². The minimum Gasteiger partial charge on any atom is -0.294 e. The Labute approximate surface area is 111 Å². The van der Waals surface area contributed by atoms with Gasteiger partial charge in [0.25, 0.3) is 0 Å². The Morgan fingerprint density at radius 1 is 1.65 bits per heavy atom. The Balaban J connectivity index is 1.76. The van der Waals surface area contributed by atoms with Crippen molar-refractivity contribution in [2.24, 2.45) is 4.99 Å². The summed E-state index contributed by atoms with van der Waals surface area (Å²) >= 11 is 4.57. The normalized spacial score (nSPS) is 14.8. The van der Waals surface area contributed by atoms with Crippen LogP contribution in [0.3, 0.4) is 0 Å². The highest BCUT2D eigenvalue weighted by atomic mass is 32.2. The maximum Gasteiger partial charge on any atom is 0.237 e. The van der Waals surface area contributed by atoms with Crippen LogP contribution in [0.25, 0.3) is 0 Å². The number of nitrogens with zero attached hydrogens (tertiary/aromatic N) is 3. The van der Waals surface area contributed by atoms with Crippen LogP contribution in [0.1, 0.15) is 0 Å². The second-order valence-electron chi connectivity index (χ2n) is 3.00. The highest BCUT2D eigenvalue weighted by molar-refractivity contribution is 8.39. The lowest BCUT2D eigenvalue weighted by Crippen LogP contribution is -2.15. The zero-order valence-electron chi connectivity index (χ0n) is 9.10. The fraction of sp³-hybridized carbons (Fsp3) is 0.500. The lowest BCUT2D eigenvalue weighted by Gasteiger charge is -2.00. The number of carbonyl (C=O) groups is 1. The van der Waals surface area contributed by atoms with E-state index in [9.17, 15) is 4.79 Å². The largest absolute Gasteiger partial charge is 0.294 e. The fourth-order valence-electron chi connectivity index (χ4n) is 1.09. The number of carbonyl (C=O) groups excluding carboxylic acids is 1. The van der Waals surface area contributed by atoms with E-state index in [0.717, 1.165) is 16.7 Å². The Bertz CT molecular complexity index is 433. The van der Waals surface area contributed by atoms with Crippen molar-refractivity contribution >= 4 is 51.5 Å². The quantitative estimate of drug-likeness (QED) is 0.813. The van der Waals surface area contributed by atoms with Crippen molar-refractivity contribution in [3.63, 3.8) is 0 Å². The molecule has 1 aromatic heterocycles. The number of thioether (sulfide) groups is 3. The molecule has 2 heterocycles. The molecule has 6 nitrogen and oxygen atoms in total. The van der Waals surface area contributed by atoms with Gasteiger partial charge in [0.15, 0.2) is 0 Å². The second kappa shape index (κ2) is 6.31. The summed E-state index contributed by atoms with van der Waals surface area (Å²) in [5.41, 5.74) is 0. The van der Waals surface area contributed by atoms with Gasteiger partial charge in [0.05, 0.1) is 12.3 Å². The molecule has 0 unspecified atom stereocenters. The van der Waals surface area contributed by atoms with Crippen LogP contribution in [0.15, 0.2) is 10.1 Å². The SMILES string of the molecule is CSc1n[nH]c(NC(=O)CSC2=NCCS2)n1. The average molecular weight is 289 g/mol. The third kappa shape index (κ3) is 3.93. The molecule has 1 aromatic rings. The van der Waals surface area contributed by atoms with E-state index in [0.29, 0.717) is 16.9 Å². The number of hydrogen-bond acceptors (Lipinski definition) is 7. The van der Waals surface area contributed by atoms with Gasteiger partial charge >= 0.3 is 0 Å². The molecular weight excluding hydrogens is 278 g/mol. The minimum atomic E-state index is -0.103. The molecule has 9 heteroatoms. The number of hydrogen-bond donors (Lipinski definition) is 2. The molecule has 0 spiro atoms. The molecule has 0 bridgehead atoms. The molecule has 2 N–H and O–H groups in total. The smallest absolute Gasteiger partial charge is 0.237 e. The second-order valence-corrected chi connectivity index (χ2v) is 6.08. The van der Waals surface area contributed by atoms with Gasteiger partial charge < -0.3 is 0 Å². The zero-order chi connectivity index (χ0) is 12.1. The molecule has 1 aliphatic heterocycles. The minimum absolute atomic E-state index is 0.103. The van der Waals surface area contributed by atoms with Crippen LogP contribution < -0.4 is 5.32 Å². The molecule has 1 amide bonds. The van der Waals surface area contributed by atoms with Gasteiger partial charge in [0.1, 0.15) is 4.38 Å². The van der Waals surface area contributed by atoms with E-state index in [1.165, 1.54) is 23.5 Å². The van der Waals surface area contributed by atoms with Crippen LogP contribution in [0.2, 0.25) is 0 Å². The number of aliphatic imine (C=N–C) groups is 1. The average Bonchev–Trinajstić information content (AvgIpc) is 2.97. The number of rotatable bonds is 4. The Morgan fingerprint density at radius 2 is 2.53 bits per heavy atom. The number of anilines is 1. The van der Waals surface area contributed by atoms with Crippen LogP contribution in [0, 0.1) is 0 Å². The van der Waals surface area contributed by atoms with Gasteiger partial charge in [-0.05, 0) is 6.26 Å². The summed E-state index contributed by atoms with van der Waals surface area (Å²) in [7, 11) is 0. The van der Waals surface area contributed by atoms with Gasteiger partial charge in [-0.2, -0.15) is 4.98 Å². The molecule has 0 saturated carbocycles. The number of amides is 1. The summed E-state index contributed by atoms with van der Waals surface area (Å²) in [5, 5.41) is 9.83. The van der Waals surface area contributed by atoms with Crippen molar-refractivity contribution in [2.45, 2.75) is 5.16 Å². The number of H-pyrrole nitrogens is 1. The van der Waals surface area contributed by atoms with Crippen LogP contribution in [0.4, 0.5) is 5.95 Å². The highest BCUT2D eigenvalue weighted by Crippen LogP contribution is 2.21. The molecule has 0 radical (unpaired) electrons. The number of aromatic nitrogens is 3. The molecule has 0 atom stereocenters. The zero-order valence-corrected chi connectivity index (χ0v) is 11.5. The summed E-state index contributed by atoms with van der Waals surface area (Å²) in [6.07, 6.45) is 1.88. The van der Waals surface area contributed by atoms with Gasteiger partial charge in [0.2, 0.25) is 17.0 Å². The first kappa shape index (κ1) is 12.8. The summed E-state index contributed by atoms with van der Waals surface area (Å²) in [6.45, 7) is 0.855. The monoisotopic (exact) mass is 289 g/mol. The molecule has 0 saturated heterocycles. The van der Waals surface area contributed by atoms with Gasteiger partial charge in [-0.15, -0.1) is 5.10 Å². The van der Waals surface area contributed by atoms with Crippen LogP contribution in [0.5, 0.6) is 0 Å². The third-order valence-electron chi connectivity index (χ3n) is 1.79. The van der Waals surface area contributed by atoms with Crippen molar-refractivity contribution in [3.8, 4) is 0 Å². The predicted molar refractivity (Wildman–Crippen MR) is 74.0 cm³/mol. The van der Waals surface area contributed by atoms with E-state index in [2.05, 4.69) is 25.5 Å². The van der Waals surface area contributed by atoms with Crippen molar-refractivity contribution < 1.29 is 4.79 Å². The molecule has 2 rings (SSSR count). The summed E-state index contributed by atoms with van der Waals surface area (Å²) in [5.74, 6) is 1.65. The van der Waals surface area contributed by atoms with E-state index in [4.69, 9.17) is 0 Å². The molecule has 17 heavy (non-hydrogen) atoms. The van der Waals surface area contributed by atoms with E-state index in [-0.39, 0.29) is 5.91 Å². The Morgan fingerprint density at radius 3 is 3.18 bits per heavy atom. The summed E-state index contributed by atoms with van der Waals surface area (Å²) in [6, 6.07) is 0. The van der Waals surface area contributed by atoms with Crippen LogP contribution in [-0.2, 0) is 4.79 Å². The van der Waals surface area contributed by atoms with Gasteiger partial charge in [-0.1, -0.05) is 35.3 Å². The molecule has 0 aliphatic carbocycles. The van der Waals surface area contributed by atoms with Gasteiger partial charge in [0, 0.05) is 5.75 Å². The van der Waals surface area contributed by atoms with Crippen molar-refractivity contribution in [1.29, 1.82) is 0 Å². The first-order valence-corrected chi connectivity index (χ1v) is 8.04. The highest BCUT2D eigenvalue weighted by Gasteiger charge is 2.11.